The number of unbranched alkanes of at least 4 members (excludes halogenated alkanes) is 17. The molecule has 0 fully saturated rings. The van der Waals surface area contributed by atoms with Crippen molar-refractivity contribution in [2.75, 3.05) is 26.4 Å². The normalized spacial score (nSPS) is 15.0. The SMILES string of the molecule is CCCCCCCC/C=C\CCCCCCCC(=O)O[C@H](COC(=O)CCCC(O)/C=C/C=C/C/C=C/CCCCCCCC)COP(=O)(O)OC[C@@H](O)COP(=O)(O)O. The molecule has 0 heterocycles. The molecule has 0 aliphatic heterocycles. The van der Waals surface area contributed by atoms with E-state index in [1.807, 2.05) is 12.2 Å². The van der Waals surface area contributed by atoms with E-state index in [2.05, 4.69) is 47.2 Å². The van der Waals surface area contributed by atoms with Crippen LogP contribution in [0.2, 0.25) is 0 Å². The highest BCUT2D eigenvalue weighted by Gasteiger charge is 2.28. The Bertz CT molecular complexity index is 1270. The van der Waals surface area contributed by atoms with Gasteiger partial charge in [-0.1, -0.05) is 146 Å². The van der Waals surface area contributed by atoms with Crippen LogP contribution in [0.3, 0.4) is 0 Å². The Hall–Kier alpha value is -1.96. The van der Waals surface area contributed by atoms with Crippen molar-refractivity contribution in [2.24, 2.45) is 0 Å². The molecule has 0 bridgehead atoms. The number of aliphatic hydroxyl groups is 2. The van der Waals surface area contributed by atoms with E-state index in [9.17, 15) is 33.8 Å². The summed E-state index contributed by atoms with van der Waals surface area (Å²) in [6.07, 6.45) is 37.0. The summed E-state index contributed by atoms with van der Waals surface area (Å²) in [5.41, 5.74) is 0. The van der Waals surface area contributed by atoms with Gasteiger partial charge in [0.05, 0.1) is 25.9 Å². The van der Waals surface area contributed by atoms with Gasteiger partial charge in [-0.15, -0.1) is 0 Å². The molecule has 0 aliphatic carbocycles. The molecule has 4 atom stereocenters. The Labute approximate surface area is 361 Å². The standard InChI is InChI=1S/C44H80O14P2/c1-3-5-7-9-11-13-15-17-18-20-22-24-26-28-30-34-44(48)58-42(39-57-60(52,53)56-37-41(46)36-55-59(49,50)51)38-54-43(47)35-31-33-40(45)32-29-27-25-23-21-19-16-14-12-10-8-6-4-2/h17-19,21,25,27,29,32,40-42,45-46H,3-16,20,22-24,26,28,30-31,33-39H2,1-2H3,(H,52,53)(H2,49,50,51)/b18-17-,21-19+,27-25+,32-29+/t40?,41-,42+/m0/s1. The first-order valence-corrected chi connectivity index (χ1v) is 25.5. The van der Waals surface area contributed by atoms with Gasteiger partial charge >= 0.3 is 27.6 Å². The summed E-state index contributed by atoms with van der Waals surface area (Å²) in [4.78, 5) is 52.7. The Balaban J connectivity index is 4.69. The lowest BCUT2D eigenvalue weighted by Gasteiger charge is -2.20. The molecular weight excluding hydrogens is 814 g/mol. The van der Waals surface area contributed by atoms with Crippen LogP contribution in [0.4, 0.5) is 0 Å². The molecule has 0 aromatic carbocycles. The van der Waals surface area contributed by atoms with Crippen molar-refractivity contribution in [2.45, 2.75) is 193 Å². The number of rotatable bonds is 42. The summed E-state index contributed by atoms with van der Waals surface area (Å²) in [6, 6.07) is 0. The maximum Gasteiger partial charge on any atom is 0.472 e. The fourth-order valence-electron chi connectivity index (χ4n) is 5.82. The van der Waals surface area contributed by atoms with Crippen LogP contribution in [0.15, 0.2) is 48.6 Å². The van der Waals surface area contributed by atoms with Gasteiger partial charge in [-0.05, 0) is 64.2 Å². The summed E-state index contributed by atoms with van der Waals surface area (Å²) in [5, 5.41) is 20.0. The van der Waals surface area contributed by atoms with Gasteiger partial charge in [-0.2, -0.15) is 0 Å². The van der Waals surface area contributed by atoms with E-state index in [0.29, 0.717) is 19.3 Å². The highest BCUT2D eigenvalue weighted by atomic mass is 31.2. The molecule has 0 saturated carbocycles. The number of carbonyl (C=O) groups excluding carboxylic acids is 2. The maximum absolute atomic E-state index is 12.7. The van der Waals surface area contributed by atoms with Gasteiger partial charge in [0.1, 0.15) is 12.7 Å². The predicted octanol–water partition coefficient (Wildman–Crippen LogP) is 10.4. The maximum atomic E-state index is 12.7. The lowest BCUT2D eigenvalue weighted by atomic mass is 10.1. The van der Waals surface area contributed by atoms with Gasteiger partial charge in [0.25, 0.3) is 0 Å². The van der Waals surface area contributed by atoms with Crippen LogP contribution in [0, 0.1) is 0 Å². The second-order valence-corrected chi connectivity index (χ2v) is 17.9. The molecule has 0 saturated heterocycles. The highest BCUT2D eigenvalue weighted by Crippen LogP contribution is 2.43. The number of phosphoric ester groups is 2. The van der Waals surface area contributed by atoms with Crippen molar-refractivity contribution in [3.05, 3.63) is 48.6 Å². The minimum Gasteiger partial charge on any atom is -0.462 e. The molecule has 2 unspecified atom stereocenters. The fraction of sp³-hybridized carbons (Fsp3) is 0.773. The van der Waals surface area contributed by atoms with Crippen LogP contribution in [0.1, 0.15) is 174 Å². The van der Waals surface area contributed by atoms with Crippen molar-refractivity contribution in [3.8, 4) is 0 Å². The van der Waals surface area contributed by atoms with Gasteiger partial charge in [0.2, 0.25) is 0 Å². The van der Waals surface area contributed by atoms with Crippen molar-refractivity contribution in [3.63, 3.8) is 0 Å². The quantitative estimate of drug-likeness (QED) is 0.0127. The van der Waals surface area contributed by atoms with Crippen molar-refractivity contribution in [1.82, 2.24) is 0 Å². The smallest absolute Gasteiger partial charge is 0.462 e. The molecule has 0 aromatic rings. The third-order valence-electron chi connectivity index (χ3n) is 9.28. The van der Waals surface area contributed by atoms with Gasteiger partial charge in [-0.25, -0.2) is 9.13 Å². The average Bonchev–Trinajstić information content (AvgIpc) is 3.20. The number of carbonyl (C=O) groups is 2. The van der Waals surface area contributed by atoms with Crippen LogP contribution in [0.25, 0.3) is 0 Å². The molecular formula is C44H80O14P2. The number of hydrogen-bond acceptors (Lipinski definition) is 11. The van der Waals surface area contributed by atoms with E-state index in [1.54, 1.807) is 12.2 Å². The Kier molecular flexibility index (Phi) is 38.6. The van der Waals surface area contributed by atoms with Crippen LogP contribution in [-0.2, 0) is 41.8 Å². The molecule has 0 spiro atoms. The summed E-state index contributed by atoms with van der Waals surface area (Å²) in [6.45, 7) is 1.53. The third kappa shape index (κ3) is 42.7. The third-order valence-corrected chi connectivity index (χ3v) is 10.7. The Morgan fingerprint density at radius 1 is 0.550 bits per heavy atom. The van der Waals surface area contributed by atoms with E-state index in [0.717, 1.165) is 51.4 Å². The van der Waals surface area contributed by atoms with E-state index in [4.69, 9.17) is 23.8 Å². The Morgan fingerprint density at radius 3 is 1.63 bits per heavy atom. The molecule has 0 radical (unpaired) electrons. The fourth-order valence-corrected chi connectivity index (χ4v) is 6.98. The number of aliphatic hydroxyl groups excluding tert-OH is 2. The minimum atomic E-state index is -4.88. The van der Waals surface area contributed by atoms with Crippen molar-refractivity contribution < 1.29 is 66.7 Å². The Morgan fingerprint density at radius 2 is 1.05 bits per heavy atom. The van der Waals surface area contributed by atoms with Gasteiger partial charge in [0.15, 0.2) is 6.10 Å². The summed E-state index contributed by atoms with van der Waals surface area (Å²) in [7, 11) is -9.74. The highest BCUT2D eigenvalue weighted by molar-refractivity contribution is 7.47. The molecule has 16 heteroatoms. The summed E-state index contributed by atoms with van der Waals surface area (Å²) in [5.74, 6) is -1.24. The first kappa shape index (κ1) is 58.0. The van der Waals surface area contributed by atoms with Gasteiger partial charge < -0.3 is 34.4 Å². The van der Waals surface area contributed by atoms with E-state index in [-0.39, 0.29) is 12.8 Å². The number of esters is 2. The van der Waals surface area contributed by atoms with E-state index in [1.165, 1.54) is 77.0 Å². The van der Waals surface area contributed by atoms with Crippen LogP contribution in [0.5, 0.6) is 0 Å². The summed E-state index contributed by atoms with van der Waals surface area (Å²) >= 11 is 0. The van der Waals surface area contributed by atoms with E-state index >= 15 is 0 Å². The number of allylic oxidation sites excluding steroid dienone is 7. The van der Waals surface area contributed by atoms with Gasteiger partial charge in [0, 0.05) is 12.8 Å². The molecule has 350 valence electrons. The monoisotopic (exact) mass is 895 g/mol. The molecule has 0 aromatic heterocycles. The average molecular weight is 895 g/mol. The van der Waals surface area contributed by atoms with Crippen LogP contribution in [-0.4, -0.2) is 81.6 Å². The first-order valence-electron chi connectivity index (χ1n) is 22.4. The second kappa shape index (κ2) is 39.9. The largest absolute Gasteiger partial charge is 0.472 e. The first-order chi connectivity index (χ1) is 28.8. The van der Waals surface area contributed by atoms with Crippen molar-refractivity contribution in [1.29, 1.82) is 0 Å². The van der Waals surface area contributed by atoms with Gasteiger partial charge in [-0.3, -0.25) is 23.2 Å². The molecule has 5 N–H and O–H groups in total. The van der Waals surface area contributed by atoms with Crippen LogP contribution < -0.4 is 0 Å². The van der Waals surface area contributed by atoms with Crippen molar-refractivity contribution >= 4 is 27.6 Å². The number of hydrogen-bond donors (Lipinski definition) is 5. The minimum absolute atomic E-state index is 0.0310. The zero-order chi connectivity index (χ0) is 44.6. The van der Waals surface area contributed by atoms with E-state index < -0.39 is 72.3 Å². The zero-order valence-corrected chi connectivity index (χ0v) is 38.5. The summed E-state index contributed by atoms with van der Waals surface area (Å²) < 4.78 is 47.6. The topological polar surface area (TPSA) is 216 Å². The molecule has 14 nitrogen and oxygen atoms in total. The number of ether oxygens (including phenoxy) is 2. The molecule has 0 amide bonds. The molecule has 0 aliphatic rings. The molecule has 60 heavy (non-hydrogen) atoms. The zero-order valence-electron chi connectivity index (χ0n) is 36.7. The molecule has 0 rings (SSSR count). The second-order valence-electron chi connectivity index (χ2n) is 15.2. The van der Waals surface area contributed by atoms with Crippen LogP contribution >= 0.6 is 15.6 Å². The lowest BCUT2D eigenvalue weighted by molar-refractivity contribution is -0.161. The lowest BCUT2D eigenvalue weighted by Crippen LogP contribution is -2.30. The number of phosphoric acid groups is 2. The predicted molar refractivity (Wildman–Crippen MR) is 236 cm³/mol.